The first kappa shape index (κ1) is 16.1. The van der Waals surface area contributed by atoms with Crippen LogP contribution in [0.3, 0.4) is 0 Å². The molecule has 0 spiro atoms. The molecule has 0 unspecified atom stereocenters. The van der Waals surface area contributed by atoms with Crippen molar-refractivity contribution in [3.63, 3.8) is 0 Å². The first-order chi connectivity index (χ1) is 11.7. The summed E-state index contributed by atoms with van der Waals surface area (Å²) in [6.07, 6.45) is 0.953. The monoisotopic (exact) mass is 322 g/mol. The van der Waals surface area contributed by atoms with Crippen LogP contribution in [0, 0.1) is 6.92 Å². The normalized spacial score (nSPS) is 10.6. The van der Waals surface area contributed by atoms with Crippen LogP contribution in [-0.4, -0.2) is 25.7 Å². The van der Waals surface area contributed by atoms with Crippen molar-refractivity contribution < 1.29 is 9.47 Å². The summed E-state index contributed by atoms with van der Waals surface area (Å²) in [7, 11) is 3.33. The quantitative estimate of drug-likeness (QED) is 0.738. The van der Waals surface area contributed by atoms with E-state index in [1.54, 1.807) is 14.2 Å². The molecule has 0 radical (unpaired) electrons. The predicted octanol–water partition coefficient (Wildman–Crippen LogP) is 4.22. The van der Waals surface area contributed by atoms with Crippen molar-refractivity contribution in [2.45, 2.75) is 13.3 Å². The lowest BCUT2D eigenvalue weighted by Gasteiger charge is -2.14. The molecule has 0 bridgehead atoms. The maximum Gasteiger partial charge on any atom is 0.145 e. The van der Waals surface area contributed by atoms with Crippen LogP contribution in [0.15, 0.2) is 48.5 Å². The van der Waals surface area contributed by atoms with E-state index in [2.05, 4.69) is 42.6 Å². The summed E-state index contributed by atoms with van der Waals surface area (Å²) in [5.74, 6) is 2.41. The lowest BCUT2D eigenvalue weighted by molar-refractivity contribution is 0.409. The van der Waals surface area contributed by atoms with Crippen LogP contribution >= 0.6 is 0 Å². The number of fused-ring (bicyclic) bond motifs is 1. The summed E-state index contributed by atoms with van der Waals surface area (Å²) < 4.78 is 10.9. The van der Waals surface area contributed by atoms with E-state index in [0.717, 1.165) is 46.7 Å². The number of nitrogens with zero attached hydrogens (tertiary/aromatic N) is 1. The molecular weight excluding hydrogens is 300 g/mol. The molecule has 1 aromatic heterocycles. The predicted molar refractivity (Wildman–Crippen MR) is 98.2 cm³/mol. The third kappa shape index (κ3) is 3.27. The smallest absolute Gasteiger partial charge is 0.145 e. The fourth-order valence-corrected chi connectivity index (χ4v) is 2.88. The van der Waals surface area contributed by atoms with Crippen LogP contribution in [0.4, 0.5) is 5.82 Å². The Hall–Kier alpha value is -2.75. The second-order valence-electron chi connectivity index (χ2n) is 5.68. The van der Waals surface area contributed by atoms with E-state index >= 15 is 0 Å². The van der Waals surface area contributed by atoms with Gasteiger partial charge in [0.15, 0.2) is 0 Å². The molecule has 1 heterocycles. The summed E-state index contributed by atoms with van der Waals surface area (Å²) in [6.45, 7) is 2.89. The average molecular weight is 322 g/mol. The van der Waals surface area contributed by atoms with Gasteiger partial charge in [-0.3, -0.25) is 0 Å². The fourth-order valence-electron chi connectivity index (χ4n) is 2.88. The van der Waals surface area contributed by atoms with Crippen LogP contribution < -0.4 is 14.8 Å². The average Bonchev–Trinajstić information content (AvgIpc) is 2.61. The first-order valence-corrected chi connectivity index (χ1v) is 8.03. The Balaban J connectivity index is 1.87. The lowest BCUT2D eigenvalue weighted by atomic mass is 10.1. The highest BCUT2D eigenvalue weighted by molar-refractivity contribution is 5.94. The Morgan fingerprint density at radius 1 is 0.958 bits per heavy atom. The van der Waals surface area contributed by atoms with E-state index < -0.39 is 0 Å². The number of methoxy groups -OCH3 is 2. The third-order valence-electron chi connectivity index (χ3n) is 4.08. The van der Waals surface area contributed by atoms with Crippen molar-refractivity contribution >= 4 is 16.7 Å². The number of hydrogen-bond donors (Lipinski definition) is 1. The summed E-state index contributed by atoms with van der Waals surface area (Å²) in [5, 5.41) is 4.40. The molecule has 0 aliphatic heterocycles. The molecule has 0 aliphatic rings. The van der Waals surface area contributed by atoms with Crippen LogP contribution in [-0.2, 0) is 6.42 Å². The minimum Gasteiger partial charge on any atom is -0.496 e. The topological polar surface area (TPSA) is 43.4 Å². The van der Waals surface area contributed by atoms with Crippen molar-refractivity contribution in [2.24, 2.45) is 0 Å². The summed E-state index contributed by atoms with van der Waals surface area (Å²) in [4.78, 5) is 4.73. The van der Waals surface area contributed by atoms with E-state index in [1.165, 1.54) is 5.56 Å². The van der Waals surface area contributed by atoms with Gasteiger partial charge in [-0.05, 0) is 42.7 Å². The van der Waals surface area contributed by atoms with E-state index in [1.807, 2.05) is 18.2 Å². The number of pyridine rings is 1. The van der Waals surface area contributed by atoms with Crippen LogP contribution in [0.2, 0.25) is 0 Å². The molecule has 1 N–H and O–H groups in total. The zero-order valence-electron chi connectivity index (χ0n) is 14.3. The SMILES string of the molecule is COc1ccc(OC)c2c(C)cc(NCCc3ccccc3)nc12. The third-order valence-corrected chi connectivity index (χ3v) is 4.08. The Morgan fingerprint density at radius 3 is 2.38 bits per heavy atom. The summed E-state index contributed by atoms with van der Waals surface area (Å²) in [5.41, 5.74) is 3.23. The first-order valence-electron chi connectivity index (χ1n) is 8.03. The number of rotatable bonds is 6. The molecule has 4 nitrogen and oxygen atoms in total. The minimum absolute atomic E-state index is 0.751. The number of aromatic nitrogens is 1. The van der Waals surface area contributed by atoms with Gasteiger partial charge in [0.1, 0.15) is 22.8 Å². The van der Waals surface area contributed by atoms with Crippen LogP contribution in [0.25, 0.3) is 10.9 Å². The second kappa shape index (κ2) is 7.21. The van der Waals surface area contributed by atoms with Crippen molar-refractivity contribution in [1.82, 2.24) is 4.98 Å². The van der Waals surface area contributed by atoms with Gasteiger partial charge in [0.2, 0.25) is 0 Å². The van der Waals surface area contributed by atoms with Crippen molar-refractivity contribution in [2.75, 3.05) is 26.1 Å². The highest BCUT2D eigenvalue weighted by atomic mass is 16.5. The molecule has 0 atom stereocenters. The molecule has 24 heavy (non-hydrogen) atoms. The molecule has 0 saturated heterocycles. The highest BCUT2D eigenvalue weighted by Crippen LogP contribution is 2.35. The highest BCUT2D eigenvalue weighted by Gasteiger charge is 2.12. The number of hydrogen-bond acceptors (Lipinski definition) is 4. The van der Waals surface area contributed by atoms with Gasteiger partial charge in [0, 0.05) is 11.9 Å². The molecule has 0 fully saturated rings. The molecule has 0 amide bonds. The van der Waals surface area contributed by atoms with Crippen molar-refractivity contribution in [1.29, 1.82) is 0 Å². The van der Waals surface area contributed by atoms with E-state index in [4.69, 9.17) is 14.5 Å². The molecule has 124 valence electrons. The molecule has 3 aromatic rings. The number of benzene rings is 2. The molecule has 0 saturated carbocycles. The Morgan fingerprint density at radius 2 is 1.67 bits per heavy atom. The fraction of sp³-hybridized carbons (Fsp3) is 0.250. The van der Waals surface area contributed by atoms with Gasteiger partial charge in [0.05, 0.1) is 14.2 Å². The molecular formula is C20H22N2O2. The number of aryl methyl sites for hydroxylation is 1. The van der Waals surface area contributed by atoms with Crippen molar-refractivity contribution in [3.05, 3.63) is 59.7 Å². The zero-order chi connectivity index (χ0) is 16.9. The van der Waals surface area contributed by atoms with Crippen LogP contribution in [0.1, 0.15) is 11.1 Å². The van der Waals surface area contributed by atoms with Gasteiger partial charge >= 0.3 is 0 Å². The van der Waals surface area contributed by atoms with E-state index in [0.29, 0.717) is 0 Å². The van der Waals surface area contributed by atoms with Crippen molar-refractivity contribution in [3.8, 4) is 11.5 Å². The van der Waals surface area contributed by atoms with Gasteiger partial charge in [-0.2, -0.15) is 0 Å². The summed E-state index contributed by atoms with van der Waals surface area (Å²) in [6, 6.07) is 16.3. The van der Waals surface area contributed by atoms with Gasteiger partial charge in [-0.25, -0.2) is 4.98 Å². The zero-order valence-corrected chi connectivity index (χ0v) is 14.3. The molecule has 3 rings (SSSR count). The molecule has 4 heteroatoms. The number of ether oxygens (including phenoxy) is 2. The second-order valence-corrected chi connectivity index (χ2v) is 5.68. The van der Waals surface area contributed by atoms with E-state index in [9.17, 15) is 0 Å². The van der Waals surface area contributed by atoms with Crippen LogP contribution in [0.5, 0.6) is 11.5 Å². The van der Waals surface area contributed by atoms with Gasteiger partial charge in [-0.1, -0.05) is 30.3 Å². The maximum absolute atomic E-state index is 5.47. The summed E-state index contributed by atoms with van der Waals surface area (Å²) >= 11 is 0. The standard InChI is InChI=1S/C20H22N2O2/c1-14-13-18(21-12-11-15-7-5-4-6-8-15)22-20-17(24-3)10-9-16(23-2)19(14)20/h4-10,13H,11-12H2,1-3H3,(H,21,22). The lowest BCUT2D eigenvalue weighted by Crippen LogP contribution is -2.07. The Bertz CT molecular complexity index is 832. The van der Waals surface area contributed by atoms with Gasteiger partial charge in [-0.15, -0.1) is 0 Å². The Kier molecular flexibility index (Phi) is 4.85. The molecule has 2 aromatic carbocycles. The maximum atomic E-state index is 5.47. The van der Waals surface area contributed by atoms with Gasteiger partial charge in [0.25, 0.3) is 0 Å². The Labute approximate surface area is 142 Å². The number of anilines is 1. The molecule has 0 aliphatic carbocycles. The number of nitrogens with one attached hydrogen (secondary N) is 1. The largest absolute Gasteiger partial charge is 0.496 e. The van der Waals surface area contributed by atoms with Gasteiger partial charge < -0.3 is 14.8 Å². The van der Waals surface area contributed by atoms with E-state index in [-0.39, 0.29) is 0 Å². The minimum atomic E-state index is 0.751.